The average Bonchev–Trinajstić information content (AvgIpc) is 2.15. The molecule has 2 aromatic rings. The molecule has 0 aliphatic carbocycles. The van der Waals surface area contributed by atoms with Gasteiger partial charge in [0.1, 0.15) is 5.52 Å². The Balaban J connectivity index is 3.02. The van der Waals surface area contributed by atoms with Crippen LogP contribution in [0.25, 0.3) is 11.0 Å². The van der Waals surface area contributed by atoms with E-state index in [2.05, 4.69) is 9.97 Å². The molecule has 0 aliphatic rings. The van der Waals surface area contributed by atoms with Gasteiger partial charge in [-0.1, -0.05) is 0 Å². The number of hydrogen-bond acceptors (Lipinski definition) is 3. The van der Waals surface area contributed by atoms with Gasteiger partial charge < -0.3 is 10.1 Å². The largest absolute Gasteiger partial charge is 0.501 e. The maximum absolute atomic E-state index is 13.1. The van der Waals surface area contributed by atoms with E-state index in [0.29, 0.717) is 0 Å². The predicted octanol–water partition coefficient (Wildman–Crippen LogP) is 0.768. The van der Waals surface area contributed by atoms with E-state index in [4.69, 9.17) is 5.11 Å². The van der Waals surface area contributed by atoms with Crippen LogP contribution in [0.15, 0.2) is 23.1 Å². The highest BCUT2D eigenvalue weighted by Gasteiger charge is 2.10. The van der Waals surface area contributed by atoms with Crippen LogP contribution in [-0.2, 0) is 0 Å². The summed E-state index contributed by atoms with van der Waals surface area (Å²) in [7, 11) is 0. The van der Waals surface area contributed by atoms with Crippen molar-refractivity contribution in [3.8, 4) is 5.75 Å². The fourth-order valence-electron chi connectivity index (χ4n) is 1.07. The second-order valence-corrected chi connectivity index (χ2v) is 2.52. The van der Waals surface area contributed by atoms with E-state index in [0.717, 1.165) is 0 Å². The molecule has 0 saturated carbocycles. The summed E-state index contributed by atoms with van der Waals surface area (Å²) in [6.07, 6.45) is 1.38. The van der Waals surface area contributed by atoms with Crippen LogP contribution < -0.4 is 5.56 Å². The van der Waals surface area contributed by atoms with Crippen LogP contribution in [0, 0.1) is 5.82 Å². The van der Waals surface area contributed by atoms with Gasteiger partial charge in [-0.05, 0) is 12.1 Å². The van der Waals surface area contributed by atoms with E-state index in [1.807, 2.05) is 0 Å². The molecular formula is C8H5FN2O2. The molecule has 66 valence electrons. The summed E-state index contributed by atoms with van der Waals surface area (Å²) < 4.78 is 13.1. The summed E-state index contributed by atoms with van der Waals surface area (Å²) in [5.74, 6) is -1.91. The van der Waals surface area contributed by atoms with Gasteiger partial charge in [0.25, 0.3) is 5.56 Å². The third-order valence-electron chi connectivity index (χ3n) is 1.69. The lowest BCUT2D eigenvalue weighted by molar-refractivity contribution is 0.427. The maximum Gasteiger partial charge on any atom is 0.293 e. The Labute approximate surface area is 71.7 Å². The highest BCUT2D eigenvalue weighted by molar-refractivity contribution is 5.75. The molecule has 0 unspecified atom stereocenters. The summed E-state index contributed by atoms with van der Waals surface area (Å²) in [4.78, 5) is 16.8. The van der Waals surface area contributed by atoms with Crippen LogP contribution in [0.2, 0.25) is 0 Å². The van der Waals surface area contributed by atoms with E-state index in [9.17, 15) is 9.18 Å². The Hall–Kier alpha value is -1.91. The number of hydrogen-bond donors (Lipinski definition) is 2. The normalized spacial score (nSPS) is 10.5. The van der Waals surface area contributed by atoms with Crippen LogP contribution >= 0.6 is 0 Å². The Morgan fingerprint density at radius 2 is 2.31 bits per heavy atom. The number of aromatic nitrogens is 2. The van der Waals surface area contributed by atoms with E-state index < -0.39 is 17.1 Å². The fraction of sp³-hybridized carbons (Fsp3) is 0. The van der Waals surface area contributed by atoms with Gasteiger partial charge in [0.2, 0.25) is 5.75 Å². The number of aromatic hydroxyl groups is 1. The van der Waals surface area contributed by atoms with Crippen LogP contribution in [0.1, 0.15) is 0 Å². The highest BCUT2D eigenvalue weighted by atomic mass is 19.1. The quantitative estimate of drug-likeness (QED) is 0.629. The van der Waals surface area contributed by atoms with Crippen molar-refractivity contribution in [3.05, 3.63) is 34.5 Å². The zero-order valence-electron chi connectivity index (χ0n) is 6.41. The molecule has 0 aromatic carbocycles. The van der Waals surface area contributed by atoms with Crippen LogP contribution in [0.3, 0.4) is 0 Å². The van der Waals surface area contributed by atoms with E-state index in [1.54, 1.807) is 6.07 Å². The summed E-state index contributed by atoms with van der Waals surface area (Å²) >= 11 is 0. The fourth-order valence-corrected chi connectivity index (χ4v) is 1.07. The van der Waals surface area contributed by atoms with Crippen molar-refractivity contribution in [2.45, 2.75) is 0 Å². The lowest BCUT2D eigenvalue weighted by Crippen LogP contribution is -2.07. The van der Waals surface area contributed by atoms with Gasteiger partial charge in [0.05, 0.1) is 5.52 Å². The Kier molecular flexibility index (Phi) is 1.51. The molecular weight excluding hydrogens is 175 g/mol. The minimum Gasteiger partial charge on any atom is -0.501 e. The lowest BCUT2D eigenvalue weighted by atomic mass is 10.3. The first-order valence-electron chi connectivity index (χ1n) is 3.55. The van der Waals surface area contributed by atoms with Crippen LogP contribution in [-0.4, -0.2) is 15.1 Å². The van der Waals surface area contributed by atoms with Crippen LogP contribution in [0.5, 0.6) is 5.75 Å². The number of nitrogens with one attached hydrogen (secondary N) is 1. The van der Waals surface area contributed by atoms with Gasteiger partial charge in [-0.25, -0.2) is 4.39 Å². The van der Waals surface area contributed by atoms with Crippen molar-refractivity contribution >= 4 is 11.0 Å². The number of H-pyrrole nitrogens is 1. The molecule has 2 aromatic heterocycles. The minimum absolute atomic E-state index is 0.0420. The second-order valence-electron chi connectivity index (χ2n) is 2.52. The van der Waals surface area contributed by atoms with Gasteiger partial charge in [0, 0.05) is 6.20 Å². The maximum atomic E-state index is 13.1. The third kappa shape index (κ3) is 1.05. The number of rotatable bonds is 0. The van der Waals surface area contributed by atoms with Crippen molar-refractivity contribution in [1.29, 1.82) is 0 Å². The number of fused-ring (bicyclic) bond motifs is 1. The summed E-state index contributed by atoms with van der Waals surface area (Å²) in [6.45, 7) is 0. The minimum atomic E-state index is -0.987. The molecule has 0 aliphatic heterocycles. The summed E-state index contributed by atoms with van der Waals surface area (Å²) in [6, 6.07) is 3.07. The number of halogens is 1. The van der Waals surface area contributed by atoms with Crippen molar-refractivity contribution in [3.63, 3.8) is 0 Å². The van der Waals surface area contributed by atoms with Gasteiger partial charge in [0.15, 0.2) is 5.82 Å². The zero-order valence-corrected chi connectivity index (χ0v) is 6.41. The summed E-state index contributed by atoms with van der Waals surface area (Å²) in [5, 5.41) is 8.95. The molecule has 0 spiro atoms. The topological polar surface area (TPSA) is 66.0 Å². The predicted molar refractivity (Wildman–Crippen MR) is 44.0 cm³/mol. The first kappa shape index (κ1) is 7.72. The number of nitrogens with zero attached hydrogens (tertiary/aromatic N) is 1. The number of aromatic amines is 1. The van der Waals surface area contributed by atoms with Crippen molar-refractivity contribution in [2.24, 2.45) is 0 Å². The molecule has 2 rings (SSSR count). The van der Waals surface area contributed by atoms with Crippen molar-refractivity contribution in [2.75, 3.05) is 0 Å². The molecule has 0 bridgehead atoms. The Bertz CT molecular complexity index is 521. The van der Waals surface area contributed by atoms with Crippen molar-refractivity contribution < 1.29 is 9.50 Å². The van der Waals surface area contributed by atoms with Gasteiger partial charge in [-0.3, -0.25) is 9.78 Å². The molecule has 4 nitrogen and oxygen atoms in total. The number of pyridine rings is 2. The molecule has 0 fully saturated rings. The zero-order chi connectivity index (χ0) is 9.42. The first-order valence-corrected chi connectivity index (χ1v) is 3.55. The standard InChI is InChI=1S/C8H5FN2O2/c9-5-6-4(2-1-3-10-6)11-8(13)7(5)12/h1-3,12H,(H,11,13). The molecule has 0 radical (unpaired) electrons. The molecule has 2 N–H and O–H groups in total. The SMILES string of the molecule is O=c1[nH]c2cccnc2c(F)c1O. The third-order valence-corrected chi connectivity index (χ3v) is 1.69. The average molecular weight is 180 g/mol. The van der Waals surface area contributed by atoms with Gasteiger partial charge in [-0.2, -0.15) is 0 Å². The lowest BCUT2D eigenvalue weighted by Gasteiger charge is -1.98. The molecule has 0 amide bonds. The van der Waals surface area contributed by atoms with E-state index >= 15 is 0 Å². The second kappa shape index (κ2) is 2.55. The van der Waals surface area contributed by atoms with Crippen molar-refractivity contribution in [1.82, 2.24) is 9.97 Å². The van der Waals surface area contributed by atoms with Gasteiger partial charge >= 0.3 is 0 Å². The molecule has 0 saturated heterocycles. The Morgan fingerprint density at radius 1 is 1.54 bits per heavy atom. The van der Waals surface area contributed by atoms with Gasteiger partial charge in [-0.15, -0.1) is 0 Å². The molecule has 2 heterocycles. The molecule has 0 atom stereocenters. The highest BCUT2D eigenvalue weighted by Crippen LogP contribution is 2.16. The first-order chi connectivity index (χ1) is 6.20. The summed E-state index contributed by atoms with van der Waals surface area (Å²) in [5.41, 5.74) is -0.625. The molecule has 13 heavy (non-hydrogen) atoms. The molecule has 5 heteroatoms. The van der Waals surface area contributed by atoms with E-state index in [-0.39, 0.29) is 11.0 Å². The van der Waals surface area contributed by atoms with Crippen LogP contribution in [0.4, 0.5) is 4.39 Å². The monoisotopic (exact) mass is 180 g/mol. The van der Waals surface area contributed by atoms with E-state index in [1.165, 1.54) is 12.3 Å². The smallest absolute Gasteiger partial charge is 0.293 e. The Morgan fingerprint density at radius 3 is 3.08 bits per heavy atom.